The molecule has 0 N–H and O–H groups in total. The van der Waals surface area contributed by atoms with Crippen LogP contribution in [0, 0.1) is 0 Å². The van der Waals surface area contributed by atoms with Crippen molar-refractivity contribution in [2.75, 3.05) is 6.61 Å². The maximum Gasteiger partial charge on any atom is 0.495 e. The predicted molar refractivity (Wildman–Crippen MR) is 148 cm³/mol. The van der Waals surface area contributed by atoms with E-state index < -0.39 is 0 Å². The molecule has 1 aliphatic rings. The van der Waals surface area contributed by atoms with Gasteiger partial charge in [0.2, 0.25) is 0 Å². The number of benzene rings is 2. The Bertz CT molecular complexity index is 1150. The Hall–Kier alpha value is -2.80. The van der Waals surface area contributed by atoms with E-state index in [1.165, 1.54) is 11.1 Å². The van der Waals surface area contributed by atoms with Crippen molar-refractivity contribution in [2.45, 2.75) is 77.6 Å². The van der Waals surface area contributed by atoms with Crippen LogP contribution in [0.3, 0.4) is 0 Å². The highest BCUT2D eigenvalue weighted by Crippen LogP contribution is 2.36. The van der Waals surface area contributed by atoms with Gasteiger partial charge in [-0.3, -0.25) is 9.78 Å². The summed E-state index contributed by atoms with van der Waals surface area (Å²) < 4.78 is 18.5. The molecule has 194 valence electrons. The third-order valence-corrected chi connectivity index (χ3v) is 7.48. The highest BCUT2D eigenvalue weighted by Gasteiger charge is 2.52. The number of ketones is 1. The largest absolute Gasteiger partial charge is 0.495 e. The summed E-state index contributed by atoms with van der Waals surface area (Å²) in [6, 6.07) is 20.6. The summed E-state index contributed by atoms with van der Waals surface area (Å²) >= 11 is 0. The first-order valence-corrected chi connectivity index (χ1v) is 13.2. The number of pyridine rings is 1. The summed E-state index contributed by atoms with van der Waals surface area (Å²) in [7, 11) is -0.365. The minimum absolute atomic E-state index is 0.289. The number of aromatic nitrogens is 1. The second kappa shape index (κ2) is 12.2. The van der Waals surface area contributed by atoms with Crippen LogP contribution in [0.5, 0.6) is 0 Å². The second-order valence-corrected chi connectivity index (χ2v) is 10.8. The van der Waals surface area contributed by atoms with Crippen LogP contribution in [0.2, 0.25) is 0 Å². The molecule has 0 unspecified atom stereocenters. The first kappa shape index (κ1) is 27.2. The molecule has 0 amide bonds. The van der Waals surface area contributed by atoms with Crippen LogP contribution in [-0.4, -0.2) is 35.7 Å². The molecule has 6 heteroatoms. The van der Waals surface area contributed by atoms with E-state index in [0.29, 0.717) is 26.1 Å². The van der Waals surface area contributed by atoms with E-state index in [4.69, 9.17) is 14.0 Å². The molecule has 37 heavy (non-hydrogen) atoms. The molecule has 0 aliphatic carbocycles. The van der Waals surface area contributed by atoms with Gasteiger partial charge in [0.15, 0.2) is 0 Å². The van der Waals surface area contributed by atoms with Crippen LogP contribution >= 0.6 is 0 Å². The van der Waals surface area contributed by atoms with Crippen LogP contribution in [0.1, 0.15) is 62.8 Å². The van der Waals surface area contributed by atoms with E-state index in [0.717, 1.165) is 35.9 Å². The Kier molecular flexibility index (Phi) is 8.96. The zero-order valence-electron chi connectivity index (χ0n) is 22.5. The molecular formula is C31H38BNO4. The van der Waals surface area contributed by atoms with Gasteiger partial charge >= 0.3 is 7.12 Å². The number of Topliss-reactive ketones (excluding diaryl/α,β-unsaturated/α-hetero) is 1. The number of hydrogen-bond donors (Lipinski definition) is 0. The summed E-state index contributed by atoms with van der Waals surface area (Å²) in [5.74, 6) is 0.289. The monoisotopic (exact) mass is 499 g/mol. The normalized spacial score (nSPS) is 16.2. The van der Waals surface area contributed by atoms with Gasteiger partial charge in [-0.15, -0.1) is 0 Å². The van der Waals surface area contributed by atoms with Gasteiger partial charge in [-0.25, -0.2) is 0 Å². The lowest BCUT2D eigenvalue weighted by molar-refractivity contribution is -0.119. The highest BCUT2D eigenvalue weighted by molar-refractivity contribution is 6.62. The van der Waals surface area contributed by atoms with E-state index in [1.54, 1.807) is 6.20 Å². The standard InChI is InChI=1S/C31H38BNO4/c1-30(2)31(3,4)37-32(36-30)29-10-6-5-9-27(29)19-21-35-23-26-13-11-24(12-14-26)15-17-28(34)18-16-25-8-7-20-33-22-25/h5-14,20,22H,15-19,21,23H2,1-4H3. The topological polar surface area (TPSA) is 57.7 Å². The lowest BCUT2D eigenvalue weighted by Gasteiger charge is -2.32. The van der Waals surface area contributed by atoms with Crippen molar-refractivity contribution in [3.63, 3.8) is 0 Å². The summed E-state index contributed by atoms with van der Waals surface area (Å²) in [5, 5.41) is 0. The van der Waals surface area contributed by atoms with Gasteiger partial charge in [0.25, 0.3) is 0 Å². The first-order chi connectivity index (χ1) is 17.7. The van der Waals surface area contributed by atoms with Crippen LogP contribution in [0.4, 0.5) is 0 Å². The Morgan fingerprint density at radius 3 is 2.14 bits per heavy atom. The molecule has 0 atom stereocenters. The second-order valence-electron chi connectivity index (χ2n) is 10.8. The van der Waals surface area contributed by atoms with E-state index in [2.05, 4.69) is 69.1 Å². The average molecular weight is 499 g/mol. The maximum absolute atomic E-state index is 12.3. The van der Waals surface area contributed by atoms with Crippen molar-refractivity contribution in [3.05, 3.63) is 95.3 Å². The van der Waals surface area contributed by atoms with E-state index >= 15 is 0 Å². The van der Waals surface area contributed by atoms with Crippen LogP contribution < -0.4 is 5.46 Å². The number of hydrogen-bond acceptors (Lipinski definition) is 5. The maximum atomic E-state index is 12.3. The Labute approximate surface area is 221 Å². The first-order valence-electron chi connectivity index (χ1n) is 13.2. The number of nitrogens with zero attached hydrogens (tertiary/aromatic N) is 1. The van der Waals surface area contributed by atoms with Crippen LogP contribution in [0.25, 0.3) is 0 Å². The van der Waals surface area contributed by atoms with E-state index in [-0.39, 0.29) is 24.1 Å². The molecule has 3 aromatic rings. The molecule has 0 radical (unpaired) electrons. The molecule has 0 saturated carbocycles. The van der Waals surface area contributed by atoms with Gasteiger partial charge in [0.05, 0.1) is 24.4 Å². The summed E-state index contributed by atoms with van der Waals surface area (Å²) in [5.41, 5.74) is 4.95. The zero-order chi connectivity index (χ0) is 26.3. The summed E-state index contributed by atoms with van der Waals surface area (Å²) in [4.78, 5) is 16.4. The van der Waals surface area contributed by atoms with Crippen LogP contribution in [-0.2, 0) is 44.7 Å². The molecule has 1 aromatic heterocycles. The number of rotatable bonds is 12. The Morgan fingerprint density at radius 1 is 0.811 bits per heavy atom. The molecule has 1 saturated heterocycles. The lowest BCUT2D eigenvalue weighted by atomic mass is 9.75. The predicted octanol–water partition coefficient (Wildman–Crippen LogP) is 5.27. The molecule has 5 nitrogen and oxygen atoms in total. The summed E-state index contributed by atoms with van der Waals surface area (Å²) in [6.07, 6.45) is 7.02. The van der Waals surface area contributed by atoms with Crippen molar-refractivity contribution in [2.24, 2.45) is 0 Å². The van der Waals surface area contributed by atoms with Crippen molar-refractivity contribution >= 4 is 18.4 Å². The van der Waals surface area contributed by atoms with E-state index in [1.807, 2.05) is 30.5 Å². The van der Waals surface area contributed by atoms with Crippen molar-refractivity contribution < 1.29 is 18.8 Å². The zero-order valence-corrected chi connectivity index (χ0v) is 22.5. The Balaban J connectivity index is 1.19. The van der Waals surface area contributed by atoms with Gasteiger partial charge in [0, 0.05) is 25.2 Å². The van der Waals surface area contributed by atoms with Gasteiger partial charge in [-0.2, -0.15) is 0 Å². The van der Waals surface area contributed by atoms with Crippen molar-refractivity contribution in [1.29, 1.82) is 0 Å². The smallest absolute Gasteiger partial charge is 0.399 e. The molecule has 4 rings (SSSR count). The van der Waals surface area contributed by atoms with Gasteiger partial charge in [0.1, 0.15) is 5.78 Å². The third kappa shape index (κ3) is 7.38. The van der Waals surface area contributed by atoms with Gasteiger partial charge in [-0.05, 0) is 80.7 Å². The van der Waals surface area contributed by atoms with Gasteiger partial charge < -0.3 is 14.0 Å². The van der Waals surface area contributed by atoms with Crippen LogP contribution in [0.15, 0.2) is 73.1 Å². The Morgan fingerprint density at radius 2 is 1.46 bits per heavy atom. The molecular weight excluding hydrogens is 461 g/mol. The highest BCUT2D eigenvalue weighted by atomic mass is 16.7. The molecule has 1 fully saturated rings. The lowest BCUT2D eigenvalue weighted by Crippen LogP contribution is -2.41. The molecule has 0 spiro atoms. The third-order valence-electron chi connectivity index (χ3n) is 7.48. The SMILES string of the molecule is CC1(C)OB(c2ccccc2CCOCc2ccc(CCC(=O)CCc3cccnc3)cc2)OC1(C)C. The minimum Gasteiger partial charge on any atom is -0.399 e. The molecule has 2 heterocycles. The number of aryl methyl sites for hydroxylation is 2. The molecule has 0 bridgehead atoms. The summed E-state index contributed by atoms with van der Waals surface area (Å²) in [6.45, 7) is 9.47. The van der Waals surface area contributed by atoms with Gasteiger partial charge in [-0.1, -0.05) is 54.6 Å². The molecule has 2 aromatic carbocycles. The fourth-order valence-corrected chi connectivity index (χ4v) is 4.37. The van der Waals surface area contributed by atoms with E-state index in [9.17, 15) is 4.79 Å². The number of carbonyl (C=O) groups is 1. The van der Waals surface area contributed by atoms with Crippen molar-refractivity contribution in [3.8, 4) is 0 Å². The fourth-order valence-electron chi connectivity index (χ4n) is 4.37. The molecule has 1 aliphatic heterocycles. The quantitative estimate of drug-likeness (QED) is 0.251. The minimum atomic E-state index is -0.365. The number of ether oxygens (including phenoxy) is 1. The average Bonchev–Trinajstić information content (AvgIpc) is 3.12. The number of carbonyl (C=O) groups excluding carboxylic acids is 1. The fraction of sp³-hybridized carbons (Fsp3) is 0.419. The van der Waals surface area contributed by atoms with Crippen molar-refractivity contribution in [1.82, 2.24) is 4.98 Å².